The SMILES string of the molecule is COc1ccc2oc(-c3ccnc(C(=O)N4CCN(C(c5ccccc5)c5nnc(C)o5)CC4)c3)nc2c1. The molecule has 0 saturated carbocycles. The number of benzene rings is 2. The molecule has 10 nitrogen and oxygen atoms in total. The molecule has 3 aromatic heterocycles. The monoisotopic (exact) mass is 510 g/mol. The first-order valence-electron chi connectivity index (χ1n) is 12.4. The van der Waals surface area contributed by atoms with E-state index in [-0.39, 0.29) is 11.9 Å². The third kappa shape index (κ3) is 4.61. The van der Waals surface area contributed by atoms with E-state index >= 15 is 0 Å². The summed E-state index contributed by atoms with van der Waals surface area (Å²) >= 11 is 0. The van der Waals surface area contributed by atoms with Crippen LogP contribution in [0.3, 0.4) is 0 Å². The molecule has 1 aliphatic heterocycles. The van der Waals surface area contributed by atoms with Gasteiger partial charge in [-0.1, -0.05) is 30.3 Å². The number of rotatable bonds is 6. The Morgan fingerprint density at radius 1 is 0.974 bits per heavy atom. The van der Waals surface area contributed by atoms with E-state index in [1.807, 2.05) is 41.3 Å². The Bertz CT molecular complexity index is 1570. The average molecular weight is 511 g/mol. The number of nitrogens with zero attached hydrogens (tertiary/aromatic N) is 6. The van der Waals surface area contributed by atoms with E-state index < -0.39 is 0 Å². The molecule has 1 atom stereocenters. The summed E-state index contributed by atoms with van der Waals surface area (Å²) in [7, 11) is 1.61. The van der Waals surface area contributed by atoms with Gasteiger partial charge in [-0.15, -0.1) is 10.2 Å². The maximum atomic E-state index is 13.4. The number of pyridine rings is 1. The molecule has 192 valence electrons. The third-order valence-corrected chi connectivity index (χ3v) is 6.68. The number of carbonyl (C=O) groups excluding carboxylic acids is 1. The third-order valence-electron chi connectivity index (χ3n) is 6.68. The van der Waals surface area contributed by atoms with Crippen LogP contribution in [0.1, 0.15) is 33.9 Å². The van der Waals surface area contributed by atoms with Crippen molar-refractivity contribution < 1.29 is 18.4 Å². The molecule has 2 aromatic carbocycles. The van der Waals surface area contributed by atoms with Crippen LogP contribution in [0, 0.1) is 6.92 Å². The number of carbonyl (C=O) groups is 1. The molecule has 1 saturated heterocycles. The molecule has 0 bridgehead atoms. The van der Waals surface area contributed by atoms with Crippen LogP contribution in [-0.2, 0) is 0 Å². The van der Waals surface area contributed by atoms with Gasteiger partial charge in [-0.25, -0.2) is 4.98 Å². The van der Waals surface area contributed by atoms with Gasteiger partial charge in [-0.05, 0) is 29.8 Å². The second-order valence-electron chi connectivity index (χ2n) is 9.08. The molecule has 1 unspecified atom stereocenters. The highest BCUT2D eigenvalue weighted by Crippen LogP contribution is 2.30. The first kappa shape index (κ1) is 23.8. The van der Waals surface area contributed by atoms with E-state index in [0.717, 1.165) is 5.56 Å². The van der Waals surface area contributed by atoms with E-state index in [9.17, 15) is 4.79 Å². The number of methoxy groups -OCH3 is 1. The lowest BCUT2D eigenvalue weighted by Crippen LogP contribution is -2.50. The summed E-state index contributed by atoms with van der Waals surface area (Å²) in [5, 5.41) is 8.32. The van der Waals surface area contributed by atoms with E-state index in [1.54, 1.807) is 32.4 Å². The summed E-state index contributed by atoms with van der Waals surface area (Å²) in [6, 6.07) is 18.9. The van der Waals surface area contributed by atoms with Crippen LogP contribution in [0.2, 0.25) is 0 Å². The molecule has 38 heavy (non-hydrogen) atoms. The molecule has 10 heteroatoms. The van der Waals surface area contributed by atoms with Gasteiger partial charge in [0.2, 0.25) is 17.7 Å². The van der Waals surface area contributed by atoms with Gasteiger partial charge in [0.1, 0.15) is 23.0 Å². The molecule has 6 rings (SSSR count). The Labute approximate surface area is 218 Å². The quantitative estimate of drug-likeness (QED) is 0.333. The van der Waals surface area contributed by atoms with Gasteiger partial charge < -0.3 is 18.5 Å². The minimum atomic E-state index is -0.172. The molecule has 1 amide bonds. The van der Waals surface area contributed by atoms with Crippen molar-refractivity contribution in [2.75, 3.05) is 33.3 Å². The molecule has 4 heterocycles. The van der Waals surface area contributed by atoms with Crippen LogP contribution in [0.15, 0.2) is 75.7 Å². The minimum Gasteiger partial charge on any atom is -0.497 e. The fourth-order valence-electron chi connectivity index (χ4n) is 4.75. The van der Waals surface area contributed by atoms with Gasteiger partial charge in [-0.3, -0.25) is 14.7 Å². The molecule has 1 fully saturated rings. The van der Waals surface area contributed by atoms with Crippen molar-refractivity contribution in [3.8, 4) is 17.2 Å². The van der Waals surface area contributed by atoms with Gasteiger partial charge >= 0.3 is 0 Å². The lowest BCUT2D eigenvalue weighted by atomic mass is 10.0. The standard InChI is InChI=1S/C28H26N6O4/c1-18-31-32-27(37-18)25(19-6-4-3-5-7-19)33-12-14-34(15-13-33)28(35)23-16-20(10-11-29-23)26-30-22-17-21(36-2)8-9-24(22)38-26/h3-11,16-17,25H,12-15H2,1-2H3. The van der Waals surface area contributed by atoms with E-state index in [4.69, 9.17) is 13.6 Å². The fraction of sp³-hybridized carbons (Fsp3) is 0.250. The van der Waals surface area contributed by atoms with E-state index in [2.05, 4.69) is 37.2 Å². The number of aromatic nitrogens is 4. The van der Waals surface area contributed by atoms with Crippen LogP contribution >= 0.6 is 0 Å². The number of hydrogen-bond donors (Lipinski definition) is 0. The largest absolute Gasteiger partial charge is 0.497 e. The summed E-state index contributed by atoms with van der Waals surface area (Å²) in [5.74, 6) is 2.08. The Morgan fingerprint density at radius 3 is 2.53 bits per heavy atom. The van der Waals surface area contributed by atoms with Gasteiger partial charge in [-0.2, -0.15) is 0 Å². The highest BCUT2D eigenvalue weighted by molar-refractivity contribution is 5.93. The molecular weight excluding hydrogens is 484 g/mol. The molecule has 1 aliphatic rings. The van der Waals surface area contributed by atoms with Gasteiger partial charge in [0.25, 0.3) is 5.91 Å². The van der Waals surface area contributed by atoms with Crippen LogP contribution < -0.4 is 4.74 Å². The second-order valence-corrected chi connectivity index (χ2v) is 9.08. The normalized spacial score (nSPS) is 15.1. The first-order chi connectivity index (χ1) is 18.6. The summed E-state index contributed by atoms with van der Waals surface area (Å²) in [4.78, 5) is 26.4. The Kier molecular flexibility index (Phi) is 6.30. The Hall–Kier alpha value is -4.57. The predicted octanol–water partition coefficient (Wildman–Crippen LogP) is 4.14. The Morgan fingerprint density at radius 2 is 1.79 bits per heavy atom. The van der Waals surface area contributed by atoms with Crippen LogP contribution in [0.5, 0.6) is 5.75 Å². The first-order valence-corrected chi connectivity index (χ1v) is 12.4. The minimum absolute atomic E-state index is 0.130. The highest BCUT2D eigenvalue weighted by atomic mass is 16.5. The average Bonchev–Trinajstić information content (AvgIpc) is 3.59. The molecule has 5 aromatic rings. The number of ether oxygens (including phenoxy) is 1. The number of fused-ring (bicyclic) bond motifs is 1. The van der Waals surface area contributed by atoms with Crippen molar-refractivity contribution in [3.63, 3.8) is 0 Å². The van der Waals surface area contributed by atoms with Crippen LogP contribution in [-0.4, -0.2) is 69.2 Å². The van der Waals surface area contributed by atoms with Crippen molar-refractivity contribution in [2.24, 2.45) is 0 Å². The predicted molar refractivity (Wildman–Crippen MR) is 139 cm³/mol. The lowest BCUT2D eigenvalue weighted by molar-refractivity contribution is 0.0572. The zero-order valence-electron chi connectivity index (χ0n) is 21.1. The van der Waals surface area contributed by atoms with Crippen molar-refractivity contribution in [1.29, 1.82) is 0 Å². The number of oxazole rings is 1. The van der Waals surface area contributed by atoms with Crippen LogP contribution in [0.4, 0.5) is 0 Å². The summed E-state index contributed by atoms with van der Waals surface area (Å²) < 4.78 is 17.0. The van der Waals surface area contributed by atoms with Crippen molar-refractivity contribution in [2.45, 2.75) is 13.0 Å². The smallest absolute Gasteiger partial charge is 0.272 e. The number of aryl methyl sites for hydroxylation is 1. The zero-order valence-corrected chi connectivity index (χ0v) is 21.1. The van der Waals surface area contributed by atoms with Gasteiger partial charge in [0, 0.05) is 50.9 Å². The maximum Gasteiger partial charge on any atom is 0.272 e. The summed E-state index contributed by atoms with van der Waals surface area (Å²) in [6.07, 6.45) is 1.61. The summed E-state index contributed by atoms with van der Waals surface area (Å²) in [5.41, 5.74) is 3.44. The van der Waals surface area contributed by atoms with Gasteiger partial charge in [0.05, 0.1) is 7.11 Å². The molecular formula is C28H26N6O4. The topological polar surface area (TPSA) is 111 Å². The number of hydrogen-bond acceptors (Lipinski definition) is 9. The second kappa shape index (κ2) is 10.1. The van der Waals surface area contributed by atoms with Crippen molar-refractivity contribution in [3.05, 3.63) is 89.9 Å². The lowest BCUT2D eigenvalue weighted by Gasteiger charge is -2.38. The summed E-state index contributed by atoms with van der Waals surface area (Å²) in [6.45, 7) is 4.18. The van der Waals surface area contributed by atoms with Gasteiger partial charge in [0.15, 0.2) is 5.58 Å². The number of amides is 1. The van der Waals surface area contributed by atoms with Crippen molar-refractivity contribution >= 4 is 17.0 Å². The number of piperazine rings is 1. The van der Waals surface area contributed by atoms with Crippen LogP contribution in [0.25, 0.3) is 22.6 Å². The Balaban J connectivity index is 1.19. The zero-order chi connectivity index (χ0) is 26.1. The molecule has 0 radical (unpaired) electrons. The fourth-order valence-corrected chi connectivity index (χ4v) is 4.75. The molecule has 0 N–H and O–H groups in total. The maximum absolute atomic E-state index is 13.4. The van der Waals surface area contributed by atoms with E-state index in [1.165, 1.54) is 0 Å². The molecule has 0 spiro atoms. The van der Waals surface area contributed by atoms with E-state index in [0.29, 0.717) is 72.0 Å². The highest BCUT2D eigenvalue weighted by Gasteiger charge is 2.32. The molecule has 0 aliphatic carbocycles. The van der Waals surface area contributed by atoms with Crippen molar-refractivity contribution in [1.82, 2.24) is 30.0 Å².